The van der Waals surface area contributed by atoms with Crippen LogP contribution in [-0.2, 0) is 21.4 Å². The lowest BCUT2D eigenvalue weighted by Gasteiger charge is -2.35. The highest BCUT2D eigenvalue weighted by Gasteiger charge is 2.55. The molecule has 2 atom stereocenters. The highest BCUT2D eigenvalue weighted by atomic mass is 35.5. The van der Waals surface area contributed by atoms with Crippen molar-refractivity contribution in [3.8, 4) is 0 Å². The van der Waals surface area contributed by atoms with Crippen molar-refractivity contribution in [3.63, 3.8) is 0 Å². The molecule has 2 N–H and O–H groups in total. The zero-order valence-corrected chi connectivity index (χ0v) is 22.6. The molecule has 0 radical (unpaired) electrons. The van der Waals surface area contributed by atoms with Gasteiger partial charge in [-0.05, 0) is 81.1 Å². The van der Waals surface area contributed by atoms with Gasteiger partial charge in [-0.2, -0.15) is 0 Å². The molecular formula is C26H29Cl4N3O2. The quantitative estimate of drug-likeness (QED) is 0.428. The minimum absolute atomic E-state index is 0.128. The predicted octanol–water partition coefficient (Wildman–Crippen LogP) is 5.74. The zero-order valence-electron chi connectivity index (χ0n) is 19.6. The van der Waals surface area contributed by atoms with Gasteiger partial charge in [0.25, 0.3) is 0 Å². The van der Waals surface area contributed by atoms with E-state index in [1.807, 2.05) is 6.07 Å². The lowest BCUT2D eigenvalue weighted by Crippen LogP contribution is -2.53. The first-order chi connectivity index (χ1) is 16.6. The van der Waals surface area contributed by atoms with Gasteiger partial charge in [-0.3, -0.25) is 9.59 Å². The van der Waals surface area contributed by atoms with Gasteiger partial charge in [-0.1, -0.05) is 58.5 Å². The summed E-state index contributed by atoms with van der Waals surface area (Å²) in [5.74, 6) is -0.696. The zero-order chi connectivity index (χ0) is 25.3. The summed E-state index contributed by atoms with van der Waals surface area (Å²) >= 11 is 25.1. The molecule has 2 aliphatic rings. The Hall–Kier alpha value is -1.50. The molecule has 4 rings (SSSR count). The monoisotopic (exact) mass is 555 g/mol. The fourth-order valence-corrected chi connectivity index (χ4v) is 6.24. The molecule has 2 aromatic carbocycles. The number of benzene rings is 2. The summed E-state index contributed by atoms with van der Waals surface area (Å²) in [7, 11) is 2.10. The highest BCUT2D eigenvalue weighted by Crippen LogP contribution is 2.52. The number of rotatable bonds is 9. The largest absolute Gasteiger partial charge is 0.368 e. The minimum Gasteiger partial charge on any atom is -0.368 e. The maximum absolute atomic E-state index is 14.2. The summed E-state index contributed by atoms with van der Waals surface area (Å²) in [6, 6.07) is 9.84. The van der Waals surface area contributed by atoms with Gasteiger partial charge in [0.2, 0.25) is 11.8 Å². The first kappa shape index (κ1) is 26.6. The van der Waals surface area contributed by atoms with E-state index in [-0.39, 0.29) is 12.3 Å². The van der Waals surface area contributed by atoms with Crippen LogP contribution in [0, 0.1) is 0 Å². The van der Waals surface area contributed by atoms with Crippen LogP contribution < -0.4 is 5.73 Å². The second kappa shape index (κ2) is 10.9. The number of amides is 2. The van der Waals surface area contributed by atoms with Crippen molar-refractivity contribution in [3.05, 3.63) is 67.6 Å². The number of primary amides is 1. The number of likely N-dealkylation sites (tertiary alicyclic amines) is 1. The van der Waals surface area contributed by atoms with Gasteiger partial charge in [-0.15, -0.1) is 0 Å². The SMILES string of the molecule is CN1CCCC1CCN(C(=O)C1(c2ccc(Cl)cc2Cl)CC1)[C@@H](Cc1ccc(Cl)cc1Cl)C(N)=O. The maximum Gasteiger partial charge on any atom is 0.240 e. The Balaban J connectivity index is 1.67. The van der Waals surface area contributed by atoms with Gasteiger partial charge in [0, 0.05) is 39.1 Å². The van der Waals surface area contributed by atoms with Gasteiger partial charge in [-0.25, -0.2) is 0 Å². The number of carbonyl (C=O) groups excluding carboxylic acids is 2. The standard InChI is InChI=1S/C26H29Cl4N3O2/c1-32-11-2-3-19(32)8-12-33(23(24(31)34)13-16-4-5-17(27)14-21(16)29)25(35)26(9-10-26)20-7-6-18(28)15-22(20)30/h4-7,14-15,19,23H,2-3,8-13H2,1H3,(H2,31,34)/t19?,23-/m0/s1. The number of hydrogen-bond acceptors (Lipinski definition) is 3. The number of carbonyl (C=O) groups is 2. The summed E-state index contributed by atoms with van der Waals surface area (Å²) in [6.45, 7) is 1.45. The van der Waals surface area contributed by atoms with E-state index in [0.29, 0.717) is 51.1 Å². The Kier molecular flexibility index (Phi) is 8.24. The van der Waals surface area contributed by atoms with Crippen molar-refractivity contribution >= 4 is 58.2 Å². The summed E-state index contributed by atoms with van der Waals surface area (Å²) in [6.07, 6.45) is 4.46. The Labute approximate surface area is 226 Å². The average molecular weight is 557 g/mol. The second-order valence-corrected chi connectivity index (χ2v) is 11.3. The van der Waals surface area contributed by atoms with Gasteiger partial charge in [0.1, 0.15) is 6.04 Å². The van der Waals surface area contributed by atoms with Crippen LogP contribution in [0.2, 0.25) is 20.1 Å². The summed E-state index contributed by atoms with van der Waals surface area (Å²) < 4.78 is 0. The van der Waals surface area contributed by atoms with E-state index < -0.39 is 17.4 Å². The first-order valence-electron chi connectivity index (χ1n) is 11.8. The summed E-state index contributed by atoms with van der Waals surface area (Å²) in [4.78, 5) is 30.9. The van der Waals surface area contributed by atoms with Crippen LogP contribution in [0.4, 0.5) is 0 Å². The molecule has 35 heavy (non-hydrogen) atoms. The molecule has 1 aliphatic heterocycles. The third kappa shape index (κ3) is 5.75. The van der Waals surface area contributed by atoms with Gasteiger partial charge in [0.15, 0.2) is 0 Å². The lowest BCUT2D eigenvalue weighted by atomic mass is 9.92. The van der Waals surface area contributed by atoms with Gasteiger partial charge >= 0.3 is 0 Å². The maximum atomic E-state index is 14.2. The van der Waals surface area contributed by atoms with Crippen LogP contribution in [0.25, 0.3) is 0 Å². The molecule has 0 bridgehead atoms. The molecule has 2 fully saturated rings. The molecule has 0 aromatic heterocycles. The molecule has 2 amide bonds. The van der Waals surface area contributed by atoms with E-state index in [4.69, 9.17) is 52.1 Å². The van der Waals surface area contributed by atoms with Crippen molar-refractivity contribution < 1.29 is 9.59 Å². The van der Waals surface area contributed by atoms with E-state index in [2.05, 4.69) is 11.9 Å². The third-order valence-electron chi connectivity index (χ3n) is 7.37. The molecule has 0 spiro atoms. The Morgan fingerprint density at radius 3 is 2.29 bits per heavy atom. The second-order valence-electron chi connectivity index (χ2n) is 9.63. The van der Waals surface area contributed by atoms with Crippen LogP contribution in [0.15, 0.2) is 36.4 Å². The molecular weight excluding hydrogens is 528 g/mol. The summed E-state index contributed by atoms with van der Waals surface area (Å²) in [5.41, 5.74) is 6.59. The predicted molar refractivity (Wildman–Crippen MR) is 143 cm³/mol. The van der Waals surface area contributed by atoms with E-state index in [9.17, 15) is 9.59 Å². The van der Waals surface area contributed by atoms with Crippen LogP contribution in [0.1, 0.15) is 43.2 Å². The van der Waals surface area contributed by atoms with Crippen LogP contribution >= 0.6 is 46.4 Å². The van der Waals surface area contributed by atoms with Crippen LogP contribution in [0.5, 0.6) is 0 Å². The fraction of sp³-hybridized carbons (Fsp3) is 0.462. The van der Waals surface area contributed by atoms with Gasteiger partial charge < -0.3 is 15.5 Å². The fourth-order valence-electron chi connectivity index (χ4n) is 5.17. The molecule has 1 saturated heterocycles. The van der Waals surface area contributed by atoms with Gasteiger partial charge in [0.05, 0.1) is 5.41 Å². The molecule has 188 valence electrons. The Morgan fingerprint density at radius 1 is 1.09 bits per heavy atom. The normalized spacial score (nSPS) is 20.0. The average Bonchev–Trinajstić information content (AvgIpc) is 3.49. The smallest absolute Gasteiger partial charge is 0.240 e. The Morgan fingerprint density at radius 2 is 1.74 bits per heavy atom. The molecule has 1 aliphatic carbocycles. The lowest BCUT2D eigenvalue weighted by molar-refractivity contribution is -0.141. The Bertz CT molecular complexity index is 1120. The first-order valence-corrected chi connectivity index (χ1v) is 13.3. The van der Waals surface area contributed by atoms with E-state index in [1.54, 1.807) is 35.2 Å². The molecule has 2 aromatic rings. The van der Waals surface area contributed by atoms with Crippen LogP contribution in [-0.4, -0.2) is 53.8 Å². The van der Waals surface area contributed by atoms with Crippen molar-refractivity contribution in [1.29, 1.82) is 0 Å². The van der Waals surface area contributed by atoms with E-state index in [1.165, 1.54) is 0 Å². The van der Waals surface area contributed by atoms with E-state index in [0.717, 1.165) is 31.4 Å². The number of hydrogen-bond donors (Lipinski definition) is 1. The minimum atomic E-state index is -0.851. The van der Waals surface area contributed by atoms with Crippen molar-refractivity contribution in [2.75, 3.05) is 20.1 Å². The number of nitrogens with zero attached hydrogens (tertiary/aromatic N) is 2. The number of halogens is 4. The highest BCUT2D eigenvalue weighted by molar-refractivity contribution is 6.35. The molecule has 1 heterocycles. The van der Waals surface area contributed by atoms with Crippen molar-refractivity contribution in [2.24, 2.45) is 5.73 Å². The van der Waals surface area contributed by atoms with Crippen molar-refractivity contribution in [2.45, 2.75) is 56.0 Å². The molecule has 1 unspecified atom stereocenters. The molecule has 1 saturated carbocycles. The molecule has 5 nitrogen and oxygen atoms in total. The van der Waals surface area contributed by atoms with Crippen molar-refractivity contribution in [1.82, 2.24) is 9.80 Å². The summed E-state index contributed by atoms with van der Waals surface area (Å²) in [5, 5.41) is 1.90. The number of nitrogens with two attached hydrogens (primary N) is 1. The van der Waals surface area contributed by atoms with E-state index >= 15 is 0 Å². The molecule has 9 heteroatoms. The topological polar surface area (TPSA) is 66.6 Å². The third-order valence-corrected chi connectivity index (χ3v) is 8.51. The van der Waals surface area contributed by atoms with Crippen LogP contribution in [0.3, 0.4) is 0 Å².